The van der Waals surface area contributed by atoms with Crippen LogP contribution in [0.2, 0.25) is 0 Å². The van der Waals surface area contributed by atoms with E-state index in [-0.39, 0.29) is 5.91 Å². The second kappa shape index (κ2) is 9.37. The van der Waals surface area contributed by atoms with E-state index in [0.29, 0.717) is 23.0 Å². The number of ether oxygens (including phenoxy) is 1. The number of anilines is 2. The summed E-state index contributed by atoms with van der Waals surface area (Å²) in [7, 11) is 3.61. The van der Waals surface area contributed by atoms with Gasteiger partial charge in [0, 0.05) is 19.3 Å². The third-order valence-corrected chi connectivity index (χ3v) is 5.10. The fourth-order valence-corrected chi connectivity index (χ4v) is 3.50. The van der Waals surface area contributed by atoms with Gasteiger partial charge in [0.15, 0.2) is 0 Å². The van der Waals surface area contributed by atoms with Crippen molar-refractivity contribution >= 4 is 17.4 Å². The van der Waals surface area contributed by atoms with Gasteiger partial charge < -0.3 is 20.3 Å². The summed E-state index contributed by atoms with van der Waals surface area (Å²) in [6, 6.07) is 11.3. The third-order valence-electron chi connectivity index (χ3n) is 5.10. The number of benzene rings is 1. The highest BCUT2D eigenvalue weighted by atomic mass is 16.5. The van der Waals surface area contributed by atoms with E-state index in [2.05, 4.69) is 15.6 Å². The first-order chi connectivity index (χ1) is 13.2. The van der Waals surface area contributed by atoms with Gasteiger partial charge in [0.25, 0.3) is 5.91 Å². The molecule has 6 nitrogen and oxygen atoms in total. The zero-order valence-corrected chi connectivity index (χ0v) is 16.1. The van der Waals surface area contributed by atoms with Gasteiger partial charge in [0.2, 0.25) is 0 Å². The van der Waals surface area contributed by atoms with E-state index in [1.165, 1.54) is 6.42 Å². The Bertz CT molecular complexity index is 757. The number of hydrogen-bond acceptors (Lipinski definition) is 5. The molecule has 144 valence electrons. The van der Waals surface area contributed by atoms with Crippen molar-refractivity contribution in [2.24, 2.45) is 5.92 Å². The lowest BCUT2D eigenvalue weighted by Gasteiger charge is -2.32. The summed E-state index contributed by atoms with van der Waals surface area (Å²) in [5.41, 5.74) is 1.38. The van der Waals surface area contributed by atoms with E-state index in [9.17, 15) is 4.79 Å². The summed E-state index contributed by atoms with van der Waals surface area (Å²) in [6.07, 6.45) is 4.98. The molecule has 2 heterocycles. The maximum Gasteiger partial charge on any atom is 0.257 e. The second-order valence-electron chi connectivity index (χ2n) is 6.85. The Balaban J connectivity index is 1.71. The van der Waals surface area contributed by atoms with Gasteiger partial charge in [0.05, 0.1) is 18.4 Å². The van der Waals surface area contributed by atoms with Crippen LogP contribution in [0.4, 0.5) is 11.5 Å². The highest BCUT2D eigenvalue weighted by molar-refractivity contribution is 5.99. The van der Waals surface area contributed by atoms with Crippen molar-refractivity contribution in [2.75, 3.05) is 39.1 Å². The number of rotatable bonds is 7. The highest BCUT2D eigenvalue weighted by Gasteiger charge is 2.25. The van der Waals surface area contributed by atoms with E-state index in [1.807, 2.05) is 42.3 Å². The van der Waals surface area contributed by atoms with Crippen LogP contribution >= 0.6 is 0 Å². The van der Waals surface area contributed by atoms with Crippen LogP contribution in [-0.4, -0.2) is 49.6 Å². The molecule has 6 heteroatoms. The number of carbonyl (C=O) groups excluding carboxylic acids is 1. The number of para-hydroxylation sites is 2. The highest BCUT2D eigenvalue weighted by Crippen LogP contribution is 2.29. The Hall–Kier alpha value is -2.60. The largest absolute Gasteiger partial charge is 0.495 e. The minimum Gasteiger partial charge on any atom is -0.495 e. The fraction of sp³-hybridized carbons (Fsp3) is 0.429. The molecule has 0 unspecified atom stereocenters. The van der Waals surface area contributed by atoms with Crippen molar-refractivity contribution < 1.29 is 9.53 Å². The van der Waals surface area contributed by atoms with Gasteiger partial charge in [-0.1, -0.05) is 12.1 Å². The molecule has 1 saturated heterocycles. The van der Waals surface area contributed by atoms with E-state index in [0.717, 1.165) is 38.2 Å². The van der Waals surface area contributed by atoms with E-state index >= 15 is 0 Å². The van der Waals surface area contributed by atoms with Gasteiger partial charge in [-0.15, -0.1) is 0 Å². The van der Waals surface area contributed by atoms with Crippen molar-refractivity contribution in [1.82, 2.24) is 15.2 Å². The first-order valence-corrected chi connectivity index (χ1v) is 9.52. The van der Waals surface area contributed by atoms with Gasteiger partial charge in [-0.05, 0) is 63.0 Å². The van der Waals surface area contributed by atoms with Crippen LogP contribution in [0.1, 0.15) is 29.6 Å². The molecule has 0 aliphatic carbocycles. The second-order valence-corrected chi connectivity index (χ2v) is 6.85. The minimum atomic E-state index is 0.0348. The summed E-state index contributed by atoms with van der Waals surface area (Å²) in [6.45, 7) is 2.64. The standard InChI is InChI=1S/C21H28N4O2/c1-22-13-9-16-10-14-25(15-11-16)21(26)17-6-5-12-23-20(17)24-18-7-3-4-8-19(18)27-2/h3-8,12,16,22H,9-11,13-15H2,1-2H3,(H,23,24). The van der Waals surface area contributed by atoms with Gasteiger partial charge >= 0.3 is 0 Å². The summed E-state index contributed by atoms with van der Waals surface area (Å²) < 4.78 is 5.39. The van der Waals surface area contributed by atoms with Gasteiger partial charge in [-0.2, -0.15) is 0 Å². The van der Waals surface area contributed by atoms with Crippen molar-refractivity contribution in [3.05, 3.63) is 48.2 Å². The minimum absolute atomic E-state index is 0.0348. The smallest absolute Gasteiger partial charge is 0.257 e. The van der Waals surface area contributed by atoms with Crippen LogP contribution in [-0.2, 0) is 0 Å². The molecule has 0 spiro atoms. The number of likely N-dealkylation sites (tertiary alicyclic amines) is 1. The lowest BCUT2D eigenvalue weighted by molar-refractivity contribution is 0.0688. The number of piperidine rings is 1. The summed E-state index contributed by atoms with van der Waals surface area (Å²) in [5, 5.41) is 6.46. The SMILES string of the molecule is CNCCC1CCN(C(=O)c2cccnc2Nc2ccccc2OC)CC1. The maximum atomic E-state index is 13.1. The molecule has 1 aliphatic heterocycles. The molecular formula is C21H28N4O2. The summed E-state index contributed by atoms with van der Waals surface area (Å²) >= 11 is 0. The summed E-state index contributed by atoms with van der Waals surface area (Å²) in [5.74, 6) is 2.00. The van der Waals surface area contributed by atoms with E-state index < -0.39 is 0 Å². The normalized spacial score (nSPS) is 14.8. The quantitative estimate of drug-likeness (QED) is 0.785. The number of nitrogens with one attached hydrogen (secondary N) is 2. The van der Waals surface area contributed by atoms with Crippen molar-refractivity contribution in [1.29, 1.82) is 0 Å². The van der Waals surface area contributed by atoms with Gasteiger partial charge in [0.1, 0.15) is 11.6 Å². The van der Waals surface area contributed by atoms with Crippen LogP contribution < -0.4 is 15.4 Å². The zero-order valence-electron chi connectivity index (χ0n) is 16.1. The predicted molar refractivity (Wildman–Crippen MR) is 108 cm³/mol. The average molecular weight is 368 g/mol. The first-order valence-electron chi connectivity index (χ1n) is 9.52. The third kappa shape index (κ3) is 4.77. The molecular weight excluding hydrogens is 340 g/mol. The Morgan fingerprint density at radius 2 is 2.00 bits per heavy atom. The van der Waals surface area contributed by atoms with Crippen LogP contribution in [0, 0.1) is 5.92 Å². The monoisotopic (exact) mass is 368 g/mol. The van der Waals surface area contributed by atoms with E-state index in [1.54, 1.807) is 19.4 Å². The molecule has 0 saturated carbocycles. The Kier molecular flexibility index (Phi) is 6.65. The molecule has 1 fully saturated rings. The lowest BCUT2D eigenvalue weighted by atomic mass is 9.93. The number of carbonyl (C=O) groups is 1. The predicted octanol–water partition coefficient (Wildman–Crippen LogP) is 3.30. The molecule has 0 bridgehead atoms. The number of methoxy groups -OCH3 is 1. The number of pyridine rings is 1. The van der Waals surface area contributed by atoms with Crippen LogP contribution in [0.5, 0.6) is 5.75 Å². The van der Waals surface area contributed by atoms with Crippen molar-refractivity contribution in [3.8, 4) is 5.75 Å². The van der Waals surface area contributed by atoms with Crippen molar-refractivity contribution in [2.45, 2.75) is 19.3 Å². The van der Waals surface area contributed by atoms with Crippen LogP contribution in [0.25, 0.3) is 0 Å². The van der Waals surface area contributed by atoms with Crippen LogP contribution in [0.3, 0.4) is 0 Å². The number of amides is 1. The lowest BCUT2D eigenvalue weighted by Crippen LogP contribution is -2.39. The molecule has 2 aromatic rings. The molecule has 3 rings (SSSR count). The van der Waals surface area contributed by atoms with E-state index in [4.69, 9.17) is 4.74 Å². The molecule has 1 aromatic carbocycles. The molecule has 1 amide bonds. The number of aromatic nitrogens is 1. The first kappa shape index (κ1) is 19.2. The van der Waals surface area contributed by atoms with Crippen LogP contribution in [0.15, 0.2) is 42.6 Å². The Labute approximate surface area is 160 Å². The molecule has 1 aromatic heterocycles. The molecule has 1 aliphatic rings. The average Bonchev–Trinajstić information content (AvgIpc) is 2.73. The molecule has 0 atom stereocenters. The molecule has 2 N–H and O–H groups in total. The summed E-state index contributed by atoms with van der Waals surface area (Å²) in [4.78, 5) is 19.4. The molecule has 0 radical (unpaired) electrons. The Morgan fingerprint density at radius 3 is 2.74 bits per heavy atom. The fourth-order valence-electron chi connectivity index (χ4n) is 3.50. The number of hydrogen-bond donors (Lipinski definition) is 2. The van der Waals surface area contributed by atoms with Gasteiger partial charge in [-0.3, -0.25) is 4.79 Å². The zero-order chi connectivity index (χ0) is 19.1. The van der Waals surface area contributed by atoms with Crippen molar-refractivity contribution in [3.63, 3.8) is 0 Å². The Morgan fingerprint density at radius 1 is 1.22 bits per heavy atom. The number of nitrogens with zero attached hydrogens (tertiary/aromatic N) is 2. The molecule has 27 heavy (non-hydrogen) atoms. The van der Waals surface area contributed by atoms with Gasteiger partial charge in [-0.25, -0.2) is 4.98 Å². The maximum absolute atomic E-state index is 13.1. The topological polar surface area (TPSA) is 66.5 Å².